The van der Waals surface area contributed by atoms with Gasteiger partial charge in [0.15, 0.2) is 0 Å². The highest BCUT2D eigenvalue weighted by Gasteiger charge is 2.23. The van der Waals surface area contributed by atoms with E-state index in [1.165, 1.54) is 19.3 Å². The van der Waals surface area contributed by atoms with Crippen LogP contribution in [0.5, 0.6) is 0 Å². The van der Waals surface area contributed by atoms with Crippen LogP contribution in [0.2, 0.25) is 0 Å². The van der Waals surface area contributed by atoms with Crippen LogP contribution in [-0.2, 0) is 0 Å². The molecule has 2 aromatic rings. The molecule has 1 aliphatic heterocycles. The topological polar surface area (TPSA) is 42.7 Å². The Bertz CT molecular complexity index is 520. The normalized spacial score (nSPS) is 23.4. The van der Waals surface area contributed by atoms with Crippen LogP contribution in [0, 0.1) is 0 Å². The number of pyridine rings is 1. The molecule has 2 atom stereocenters. The maximum absolute atomic E-state index is 4.53. The number of aromatic nitrogens is 3. The standard InChI is InChI=1S/C15H20N4/c1-2-13-11-14(5-8-17-13)19-10-9-18-15(19)12-3-6-16-7-4-12/h3-4,6-7,9-10,13-14,17H,2,5,8,11H2,1H3/t13-,14-/m1/s1. The fraction of sp³-hybridized carbons (Fsp3) is 0.467. The van der Waals surface area contributed by atoms with Gasteiger partial charge in [-0.2, -0.15) is 0 Å². The van der Waals surface area contributed by atoms with Gasteiger partial charge in [-0.05, 0) is 37.9 Å². The Morgan fingerprint density at radius 2 is 2.16 bits per heavy atom. The van der Waals surface area contributed by atoms with Crippen LogP contribution in [-0.4, -0.2) is 27.1 Å². The van der Waals surface area contributed by atoms with Gasteiger partial charge in [0.25, 0.3) is 0 Å². The Morgan fingerprint density at radius 3 is 2.95 bits per heavy atom. The van der Waals surface area contributed by atoms with Gasteiger partial charge in [0.2, 0.25) is 0 Å². The van der Waals surface area contributed by atoms with Crippen molar-refractivity contribution in [2.45, 2.75) is 38.3 Å². The molecular formula is C15H20N4. The molecule has 2 aromatic heterocycles. The fourth-order valence-electron chi connectivity index (χ4n) is 2.88. The molecule has 19 heavy (non-hydrogen) atoms. The van der Waals surface area contributed by atoms with Crippen molar-refractivity contribution in [3.63, 3.8) is 0 Å². The predicted molar refractivity (Wildman–Crippen MR) is 75.8 cm³/mol. The first-order valence-electron chi connectivity index (χ1n) is 7.05. The first-order valence-corrected chi connectivity index (χ1v) is 7.05. The fourth-order valence-corrected chi connectivity index (χ4v) is 2.88. The number of nitrogens with one attached hydrogen (secondary N) is 1. The number of hydrogen-bond acceptors (Lipinski definition) is 3. The van der Waals surface area contributed by atoms with Crippen LogP contribution in [0.3, 0.4) is 0 Å². The molecule has 3 rings (SSSR count). The Kier molecular flexibility index (Phi) is 3.60. The van der Waals surface area contributed by atoms with Gasteiger partial charge in [0.05, 0.1) is 0 Å². The summed E-state index contributed by atoms with van der Waals surface area (Å²) in [7, 11) is 0. The molecule has 1 aliphatic rings. The molecule has 0 saturated carbocycles. The zero-order valence-electron chi connectivity index (χ0n) is 11.3. The molecule has 100 valence electrons. The van der Waals surface area contributed by atoms with Crippen LogP contribution < -0.4 is 5.32 Å². The van der Waals surface area contributed by atoms with Gasteiger partial charge in [-0.25, -0.2) is 4.98 Å². The molecule has 0 aliphatic carbocycles. The molecule has 0 spiro atoms. The maximum Gasteiger partial charge on any atom is 0.140 e. The number of hydrogen-bond donors (Lipinski definition) is 1. The molecule has 3 heterocycles. The van der Waals surface area contributed by atoms with Crippen molar-refractivity contribution in [3.8, 4) is 11.4 Å². The first kappa shape index (κ1) is 12.4. The zero-order chi connectivity index (χ0) is 13.1. The summed E-state index contributed by atoms with van der Waals surface area (Å²) in [5.74, 6) is 1.06. The lowest BCUT2D eigenvalue weighted by Gasteiger charge is -2.31. The van der Waals surface area contributed by atoms with E-state index in [0.717, 1.165) is 17.9 Å². The second-order valence-electron chi connectivity index (χ2n) is 5.13. The van der Waals surface area contributed by atoms with Gasteiger partial charge >= 0.3 is 0 Å². The predicted octanol–water partition coefficient (Wildman–Crippen LogP) is 2.65. The lowest BCUT2D eigenvalue weighted by Crippen LogP contribution is -2.38. The van der Waals surface area contributed by atoms with E-state index in [0.29, 0.717) is 12.1 Å². The average molecular weight is 256 g/mol. The van der Waals surface area contributed by atoms with Gasteiger partial charge in [0.1, 0.15) is 5.82 Å². The van der Waals surface area contributed by atoms with Gasteiger partial charge in [-0.3, -0.25) is 4.98 Å². The van der Waals surface area contributed by atoms with Crippen LogP contribution in [0.4, 0.5) is 0 Å². The Hall–Kier alpha value is -1.68. The summed E-state index contributed by atoms with van der Waals surface area (Å²) < 4.78 is 2.33. The third-order valence-electron chi connectivity index (χ3n) is 3.96. The van der Waals surface area contributed by atoms with E-state index in [4.69, 9.17) is 0 Å². The summed E-state index contributed by atoms with van der Waals surface area (Å²) in [5, 5.41) is 3.58. The highest BCUT2D eigenvalue weighted by Crippen LogP contribution is 2.28. The average Bonchev–Trinajstić information content (AvgIpc) is 2.98. The Morgan fingerprint density at radius 1 is 1.32 bits per heavy atom. The minimum atomic E-state index is 0.553. The van der Waals surface area contributed by atoms with Crippen molar-refractivity contribution >= 4 is 0 Å². The first-order chi connectivity index (χ1) is 9.38. The van der Waals surface area contributed by atoms with E-state index in [1.807, 2.05) is 30.7 Å². The quantitative estimate of drug-likeness (QED) is 0.918. The minimum absolute atomic E-state index is 0.553. The second kappa shape index (κ2) is 5.53. The van der Waals surface area contributed by atoms with Crippen molar-refractivity contribution in [3.05, 3.63) is 36.9 Å². The largest absolute Gasteiger partial charge is 0.328 e. The number of piperidine rings is 1. The summed E-state index contributed by atoms with van der Waals surface area (Å²) in [6.45, 7) is 3.34. The smallest absolute Gasteiger partial charge is 0.140 e. The van der Waals surface area contributed by atoms with Gasteiger partial charge in [-0.1, -0.05) is 6.92 Å². The molecule has 4 nitrogen and oxygen atoms in total. The number of imidazole rings is 1. The van der Waals surface area contributed by atoms with Crippen molar-refractivity contribution in [1.82, 2.24) is 19.9 Å². The Labute approximate surface area is 113 Å². The maximum atomic E-state index is 4.53. The summed E-state index contributed by atoms with van der Waals surface area (Å²) in [6.07, 6.45) is 11.2. The van der Waals surface area contributed by atoms with E-state index >= 15 is 0 Å². The van der Waals surface area contributed by atoms with E-state index in [2.05, 4.69) is 33.0 Å². The van der Waals surface area contributed by atoms with Crippen molar-refractivity contribution in [1.29, 1.82) is 0 Å². The van der Waals surface area contributed by atoms with Crippen molar-refractivity contribution in [2.24, 2.45) is 0 Å². The summed E-state index contributed by atoms with van der Waals surface area (Å²) in [5.41, 5.74) is 1.14. The summed E-state index contributed by atoms with van der Waals surface area (Å²) >= 11 is 0. The van der Waals surface area contributed by atoms with Crippen LogP contribution in [0.15, 0.2) is 36.9 Å². The van der Waals surface area contributed by atoms with Gasteiger partial charge < -0.3 is 9.88 Å². The molecule has 4 heteroatoms. The highest BCUT2D eigenvalue weighted by molar-refractivity contribution is 5.54. The lowest BCUT2D eigenvalue weighted by molar-refractivity contribution is 0.297. The van der Waals surface area contributed by atoms with Crippen LogP contribution >= 0.6 is 0 Å². The molecule has 0 aromatic carbocycles. The van der Waals surface area contributed by atoms with Gasteiger partial charge in [-0.15, -0.1) is 0 Å². The van der Waals surface area contributed by atoms with Crippen LogP contribution in [0.25, 0.3) is 11.4 Å². The summed E-state index contributed by atoms with van der Waals surface area (Å²) in [4.78, 5) is 8.60. The lowest BCUT2D eigenvalue weighted by atomic mass is 9.97. The van der Waals surface area contributed by atoms with Crippen LogP contribution in [0.1, 0.15) is 32.2 Å². The van der Waals surface area contributed by atoms with Gasteiger partial charge in [0, 0.05) is 42.4 Å². The molecule has 0 amide bonds. The van der Waals surface area contributed by atoms with E-state index in [-0.39, 0.29) is 0 Å². The number of rotatable bonds is 3. The second-order valence-corrected chi connectivity index (χ2v) is 5.13. The molecule has 0 bridgehead atoms. The summed E-state index contributed by atoms with van der Waals surface area (Å²) in [6, 6.07) is 5.23. The number of nitrogens with zero attached hydrogens (tertiary/aromatic N) is 3. The van der Waals surface area contributed by atoms with E-state index < -0.39 is 0 Å². The minimum Gasteiger partial charge on any atom is -0.328 e. The van der Waals surface area contributed by atoms with E-state index in [9.17, 15) is 0 Å². The van der Waals surface area contributed by atoms with Crippen molar-refractivity contribution < 1.29 is 0 Å². The highest BCUT2D eigenvalue weighted by atomic mass is 15.1. The SMILES string of the molecule is CC[C@@H]1C[C@H](n2ccnc2-c2ccncc2)CCN1. The van der Waals surface area contributed by atoms with E-state index in [1.54, 1.807) is 0 Å². The van der Waals surface area contributed by atoms with Crippen molar-refractivity contribution in [2.75, 3.05) is 6.54 Å². The third-order valence-corrected chi connectivity index (χ3v) is 3.96. The monoisotopic (exact) mass is 256 g/mol. The molecule has 0 radical (unpaired) electrons. The third kappa shape index (κ3) is 2.54. The molecule has 1 N–H and O–H groups in total. The zero-order valence-corrected chi connectivity index (χ0v) is 11.3. The molecule has 0 unspecified atom stereocenters. The Balaban J connectivity index is 1.88. The molecule has 1 saturated heterocycles. The molecule has 1 fully saturated rings. The molecular weight excluding hydrogens is 236 g/mol.